The monoisotopic (exact) mass is 430 g/mol. The van der Waals surface area contributed by atoms with E-state index in [9.17, 15) is 14.7 Å². The van der Waals surface area contributed by atoms with Crippen molar-refractivity contribution in [3.8, 4) is 5.75 Å². The van der Waals surface area contributed by atoms with Gasteiger partial charge in [0.1, 0.15) is 11.9 Å². The van der Waals surface area contributed by atoms with Gasteiger partial charge in [0.2, 0.25) is 0 Å². The van der Waals surface area contributed by atoms with Gasteiger partial charge in [0, 0.05) is 42.7 Å². The fraction of sp³-hybridized carbons (Fsp3) is 0.591. The maximum Gasteiger partial charge on any atom is 0.388 e. The minimum absolute atomic E-state index is 0.103. The molecule has 0 spiro atoms. The van der Waals surface area contributed by atoms with Crippen LogP contribution < -0.4 is 9.73 Å². The molecule has 5 rings (SSSR count). The van der Waals surface area contributed by atoms with Crippen molar-refractivity contribution in [1.82, 2.24) is 9.80 Å². The molecule has 1 saturated heterocycles. The number of amides is 2. The SMILES string of the molecule is O=C1CCC(N2Cc3cc(O[C@@H]4CCC[C@H]4N4CCSCC4)ccc3C2=O)C(O)=[NH+]1. The van der Waals surface area contributed by atoms with E-state index >= 15 is 0 Å². The molecular weight excluding hydrogens is 402 g/mol. The first-order chi connectivity index (χ1) is 14.6. The minimum atomic E-state index is -0.469. The predicted octanol–water partition coefficient (Wildman–Crippen LogP) is 0.717. The molecule has 2 fully saturated rings. The summed E-state index contributed by atoms with van der Waals surface area (Å²) >= 11 is 2.03. The molecule has 1 aromatic rings. The Labute approximate surface area is 180 Å². The summed E-state index contributed by atoms with van der Waals surface area (Å²) in [5.41, 5.74) is 1.58. The Kier molecular flexibility index (Phi) is 5.45. The Bertz CT molecular complexity index is 883. The number of fused-ring (bicyclic) bond motifs is 1. The Morgan fingerprint density at radius 1 is 1.13 bits per heavy atom. The van der Waals surface area contributed by atoms with Gasteiger partial charge in [-0.25, -0.2) is 4.79 Å². The van der Waals surface area contributed by atoms with Gasteiger partial charge in [0.25, 0.3) is 5.91 Å². The first-order valence-electron chi connectivity index (χ1n) is 10.9. The second-order valence-corrected chi connectivity index (χ2v) is 9.77. The van der Waals surface area contributed by atoms with E-state index in [2.05, 4.69) is 9.89 Å². The van der Waals surface area contributed by atoms with E-state index in [1.165, 1.54) is 24.3 Å². The molecular formula is C22H28N3O4S+. The zero-order chi connectivity index (χ0) is 20.7. The van der Waals surface area contributed by atoms with E-state index < -0.39 is 6.04 Å². The van der Waals surface area contributed by atoms with E-state index in [4.69, 9.17) is 4.74 Å². The maximum absolute atomic E-state index is 12.9. The average molecular weight is 431 g/mol. The molecule has 7 nitrogen and oxygen atoms in total. The molecule has 0 bridgehead atoms. The smallest absolute Gasteiger partial charge is 0.388 e. The average Bonchev–Trinajstić information content (AvgIpc) is 3.33. The largest absolute Gasteiger partial charge is 0.489 e. The second-order valence-electron chi connectivity index (χ2n) is 8.54. The van der Waals surface area contributed by atoms with Crippen LogP contribution in [0.2, 0.25) is 0 Å². The van der Waals surface area contributed by atoms with Crippen molar-refractivity contribution in [2.45, 2.75) is 56.8 Å². The zero-order valence-corrected chi connectivity index (χ0v) is 17.8. The summed E-state index contributed by atoms with van der Waals surface area (Å²) in [5, 5.41) is 10.2. The highest BCUT2D eigenvalue weighted by Gasteiger charge is 2.41. The number of carbonyl (C=O) groups is 2. The first-order valence-corrected chi connectivity index (χ1v) is 12.0. The van der Waals surface area contributed by atoms with Crippen molar-refractivity contribution in [1.29, 1.82) is 0 Å². The molecule has 3 atom stereocenters. The summed E-state index contributed by atoms with van der Waals surface area (Å²) in [6.07, 6.45) is 4.40. The summed E-state index contributed by atoms with van der Waals surface area (Å²) in [7, 11) is 0. The van der Waals surface area contributed by atoms with Crippen LogP contribution in [0.25, 0.3) is 0 Å². The number of nitrogens with zero attached hydrogens (tertiary/aromatic N) is 2. The van der Waals surface area contributed by atoms with Gasteiger partial charge >= 0.3 is 11.8 Å². The molecule has 2 amide bonds. The van der Waals surface area contributed by atoms with Gasteiger partial charge in [-0.1, -0.05) is 0 Å². The molecule has 160 valence electrons. The molecule has 1 aliphatic carbocycles. The van der Waals surface area contributed by atoms with Crippen LogP contribution >= 0.6 is 11.8 Å². The normalized spacial score (nSPS) is 29.8. The molecule has 3 heterocycles. The zero-order valence-electron chi connectivity index (χ0n) is 17.0. The molecule has 30 heavy (non-hydrogen) atoms. The maximum atomic E-state index is 12.9. The van der Waals surface area contributed by atoms with Crippen LogP contribution in [0.3, 0.4) is 0 Å². The third kappa shape index (κ3) is 3.71. The van der Waals surface area contributed by atoms with Gasteiger partial charge in [0.15, 0.2) is 6.04 Å². The van der Waals surface area contributed by atoms with Gasteiger partial charge < -0.3 is 14.7 Å². The van der Waals surface area contributed by atoms with E-state index in [0.29, 0.717) is 31.0 Å². The number of thioether (sulfide) groups is 1. The van der Waals surface area contributed by atoms with Crippen molar-refractivity contribution in [2.24, 2.45) is 0 Å². The van der Waals surface area contributed by atoms with E-state index in [-0.39, 0.29) is 23.8 Å². The molecule has 1 unspecified atom stereocenters. The van der Waals surface area contributed by atoms with Crippen LogP contribution in [0, 0.1) is 0 Å². The Hall–Kier alpha value is -2.06. The number of hydrogen-bond acceptors (Lipinski definition) is 5. The van der Waals surface area contributed by atoms with E-state index in [1.807, 2.05) is 30.0 Å². The lowest BCUT2D eigenvalue weighted by molar-refractivity contribution is -0.394. The summed E-state index contributed by atoms with van der Waals surface area (Å²) in [4.78, 5) is 31.0. The van der Waals surface area contributed by atoms with Crippen LogP contribution in [-0.2, 0) is 11.3 Å². The number of benzene rings is 1. The van der Waals surface area contributed by atoms with Crippen LogP contribution in [0.1, 0.15) is 48.0 Å². The molecule has 1 aromatic carbocycles. The first kappa shape index (κ1) is 19.9. The highest BCUT2D eigenvalue weighted by molar-refractivity contribution is 7.99. The topological polar surface area (TPSA) is 84.0 Å². The van der Waals surface area contributed by atoms with Crippen molar-refractivity contribution in [3.63, 3.8) is 0 Å². The fourth-order valence-corrected chi connectivity index (χ4v) is 6.12. The Morgan fingerprint density at radius 3 is 2.77 bits per heavy atom. The van der Waals surface area contributed by atoms with Crippen molar-refractivity contribution >= 4 is 29.5 Å². The number of carbonyl (C=O) groups excluding carboxylic acids is 2. The van der Waals surface area contributed by atoms with Crippen LogP contribution in [0.5, 0.6) is 5.75 Å². The van der Waals surface area contributed by atoms with Crippen molar-refractivity contribution in [2.75, 3.05) is 24.6 Å². The summed E-state index contributed by atoms with van der Waals surface area (Å²) in [6.45, 7) is 2.70. The third-order valence-electron chi connectivity index (χ3n) is 6.73. The third-order valence-corrected chi connectivity index (χ3v) is 7.68. The van der Waals surface area contributed by atoms with Gasteiger partial charge in [-0.2, -0.15) is 11.8 Å². The van der Waals surface area contributed by atoms with E-state index in [0.717, 1.165) is 30.8 Å². The molecule has 1 saturated carbocycles. The fourth-order valence-electron chi connectivity index (χ4n) is 5.19. The van der Waals surface area contributed by atoms with Gasteiger partial charge in [-0.05, 0) is 49.4 Å². The lowest BCUT2D eigenvalue weighted by Crippen LogP contribution is -2.82. The molecule has 8 heteroatoms. The van der Waals surface area contributed by atoms with Gasteiger partial charge in [-0.15, -0.1) is 4.99 Å². The predicted molar refractivity (Wildman–Crippen MR) is 114 cm³/mol. The summed E-state index contributed by atoms with van der Waals surface area (Å²) < 4.78 is 6.43. The second kappa shape index (κ2) is 8.23. The molecule has 4 aliphatic rings. The Morgan fingerprint density at radius 2 is 1.97 bits per heavy atom. The lowest BCUT2D eigenvalue weighted by Gasteiger charge is -2.35. The van der Waals surface area contributed by atoms with Gasteiger partial charge in [-0.3, -0.25) is 9.69 Å². The highest BCUT2D eigenvalue weighted by Crippen LogP contribution is 2.33. The quantitative estimate of drug-likeness (QED) is 0.732. The van der Waals surface area contributed by atoms with Crippen molar-refractivity contribution in [3.05, 3.63) is 29.3 Å². The number of ether oxygens (including phenoxy) is 1. The van der Waals surface area contributed by atoms with Crippen LogP contribution in [-0.4, -0.2) is 75.4 Å². The van der Waals surface area contributed by atoms with Gasteiger partial charge in [0.05, 0.1) is 6.42 Å². The molecule has 0 aromatic heterocycles. The number of aliphatic hydroxyl groups is 1. The van der Waals surface area contributed by atoms with Crippen LogP contribution in [0.15, 0.2) is 18.2 Å². The molecule has 0 radical (unpaired) electrons. The summed E-state index contributed by atoms with van der Waals surface area (Å²) in [6, 6.07) is 5.73. The Balaban J connectivity index is 1.30. The number of hydrogen-bond donors (Lipinski definition) is 2. The summed E-state index contributed by atoms with van der Waals surface area (Å²) in [5.74, 6) is 2.78. The van der Waals surface area contributed by atoms with Crippen molar-refractivity contribution < 1.29 is 24.4 Å². The standard InChI is InChI=1S/C22H27N3O4S/c26-20-7-6-18(21(27)23-20)25-13-14-12-15(4-5-16(14)22(25)28)29-19-3-1-2-17(19)24-8-10-30-11-9-24/h4-5,12,17-19H,1-3,6-11,13H2,(H,23,26,27)/p+1/t17-,18?,19-/m1/s1. The minimum Gasteiger partial charge on any atom is -0.489 e. The lowest BCUT2D eigenvalue weighted by atomic mass is 10.1. The molecule has 2 N–H and O–H groups in total. The number of aliphatic hydroxyl groups excluding tert-OH is 1. The number of nitrogens with one attached hydrogen (secondary N) is 1. The number of rotatable bonds is 4. The molecule has 3 aliphatic heterocycles. The highest BCUT2D eigenvalue weighted by atomic mass is 32.2. The van der Waals surface area contributed by atoms with Crippen LogP contribution in [0.4, 0.5) is 0 Å². The van der Waals surface area contributed by atoms with E-state index in [1.54, 1.807) is 4.90 Å².